The van der Waals surface area contributed by atoms with Crippen molar-refractivity contribution in [3.05, 3.63) is 96.6 Å². The van der Waals surface area contributed by atoms with E-state index in [1.807, 2.05) is 42.5 Å². The smallest absolute Gasteiger partial charge is 0.219 e. The van der Waals surface area contributed by atoms with Crippen molar-refractivity contribution in [2.75, 3.05) is 12.3 Å². The quantitative estimate of drug-likeness (QED) is 0.157. The molecule has 1 aromatic heterocycles. The molecule has 0 unspecified atom stereocenters. The zero-order valence-corrected chi connectivity index (χ0v) is 20.9. The van der Waals surface area contributed by atoms with Crippen LogP contribution in [0, 0.1) is 0 Å². The lowest BCUT2D eigenvalue weighted by Crippen LogP contribution is -2.24. The first kappa shape index (κ1) is 24.8. The van der Waals surface area contributed by atoms with Crippen molar-refractivity contribution in [2.24, 2.45) is 0 Å². The molecule has 0 fully saturated rings. The van der Waals surface area contributed by atoms with Crippen molar-refractivity contribution in [3.63, 3.8) is 0 Å². The third kappa shape index (κ3) is 7.86. The molecule has 0 atom stereocenters. The highest BCUT2D eigenvalue weighted by Gasteiger charge is 2.14. The van der Waals surface area contributed by atoms with Crippen molar-refractivity contribution < 1.29 is 4.79 Å². The second-order valence-electron chi connectivity index (χ2n) is 8.60. The number of aryl methyl sites for hydroxylation is 1. The van der Waals surface area contributed by atoms with E-state index in [1.54, 1.807) is 11.8 Å². The average molecular weight is 484 g/mol. The van der Waals surface area contributed by atoms with Crippen molar-refractivity contribution >= 4 is 17.7 Å². The van der Waals surface area contributed by atoms with Gasteiger partial charge in [-0.05, 0) is 37.7 Å². The van der Waals surface area contributed by atoms with Gasteiger partial charge >= 0.3 is 0 Å². The molecule has 3 aromatic carbocycles. The van der Waals surface area contributed by atoms with Crippen LogP contribution < -0.4 is 5.32 Å². The molecule has 0 aliphatic heterocycles. The van der Waals surface area contributed by atoms with Crippen LogP contribution in [0.5, 0.6) is 0 Å². The molecular formula is C30H33N3OS. The van der Waals surface area contributed by atoms with E-state index in [1.165, 1.54) is 5.56 Å². The SMILES string of the molecule is O=C(CCCCSc1nc(-c2ccccc2)c(-c2ccccc2)[nH]1)NCCCCc1ccccc1. The van der Waals surface area contributed by atoms with E-state index >= 15 is 0 Å². The number of hydrogen-bond acceptors (Lipinski definition) is 3. The first-order valence-electron chi connectivity index (χ1n) is 12.4. The fraction of sp³-hybridized carbons (Fsp3) is 0.267. The van der Waals surface area contributed by atoms with Gasteiger partial charge < -0.3 is 10.3 Å². The van der Waals surface area contributed by atoms with Crippen molar-refractivity contribution in [1.29, 1.82) is 0 Å². The molecule has 35 heavy (non-hydrogen) atoms. The van der Waals surface area contributed by atoms with Crippen LogP contribution in [0.3, 0.4) is 0 Å². The van der Waals surface area contributed by atoms with Gasteiger partial charge in [0.15, 0.2) is 5.16 Å². The van der Waals surface area contributed by atoms with Crippen LogP contribution in [0.25, 0.3) is 22.5 Å². The van der Waals surface area contributed by atoms with E-state index in [9.17, 15) is 4.79 Å². The molecule has 4 rings (SSSR count). The van der Waals surface area contributed by atoms with Gasteiger partial charge in [0.2, 0.25) is 5.91 Å². The number of thioether (sulfide) groups is 1. The van der Waals surface area contributed by atoms with E-state index in [-0.39, 0.29) is 5.91 Å². The molecular weight excluding hydrogens is 450 g/mol. The molecule has 1 amide bonds. The Morgan fingerprint density at radius 2 is 1.43 bits per heavy atom. The Balaban J connectivity index is 1.17. The maximum absolute atomic E-state index is 12.1. The van der Waals surface area contributed by atoms with Crippen LogP contribution in [0.2, 0.25) is 0 Å². The van der Waals surface area contributed by atoms with Gasteiger partial charge in [-0.25, -0.2) is 4.98 Å². The van der Waals surface area contributed by atoms with Crippen LogP contribution in [0.4, 0.5) is 0 Å². The van der Waals surface area contributed by atoms with Crippen LogP contribution in [0.1, 0.15) is 37.7 Å². The third-order valence-electron chi connectivity index (χ3n) is 5.89. The normalized spacial score (nSPS) is 10.9. The maximum Gasteiger partial charge on any atom is 0.219 e. The summed E-state index contributed by atoms with van der Waals surface area (Å²) in [5, 5.41) is 3.98. The number of nitrogens with one attached hydrogen (secondary N) is 2. The monoisotopic (exact) mass is 483 g/mol. The summed E-state index contributed by atoms with van der Waals surface area (Å²) in [5.74, 6) is 1.09. The number of imidazole rings is 1. The number of hydrogen-bond donors (Lipinski definition) is 2. The zero-order valence-electron chi connectivity index (χ0n) is 20.1. The van der Waals surface area contributed by atoms with Crippen LogP contribution in [0.15, 0.2) is 96.2 Å². The number of unbranched alkanes of at least 4 members (excludes halogenated alkanes) is 2. The van der Waals surface area contributed by atoms with Gasteiger partial charge in [0, 0.05) is 29.8 Å². The van der Waals surface area contributed by atoms with Gasteiger partial charge in [-0.15, -0.1) is 0 Å². The van der Waals surface area contributed by atoms with E-state index in [0.717, 1.165) is 72.1 Å². The summed E-state index contributed by atoms with van der Waals surface area (Å²) in [5.41, 5.74) is 5.62. The number of amides is 1. The molecule has 5 heteroatoms. The second-order valence-corrected chi connectivity index (χ2v) is 9.68. The number of rotatable bonds is 13. The molecule has 0 spiro atoms. The minimum atomic E-state index is 0.158. The first-order chi connectivity index (χ1) is 17.3. The number of H-pyrrole nitrogens is 1. The zero-order chi connectivity index (χ0) is 24.1. The van der Waals surface area contributed by atoms with E-state index in [0.29, 0.717) is 6.42 Å². The van der Waals surface area contributed by atoms with Gasteiger partial charge in [0.1, 0.15) is 0 Å². The molecule has 0 aliphatic carbocycles. The van der Waals surface area contributed by atoms with Crippen molar-refractivity contribution in [2.45, 2.75) is 43.7 Å². The third-order valence-corrected chi connectivity index (χ3v) is 6.85. The molecule has 0 bridgehead atoms. The molecule has 0 saturated carbocycles. The van der Waals surface area contributed by atoms with Crippen molar-refractivity contribution in [1.82, 2.24) is 15.3 Å². The number of nitrogens with zero attached hydrogens (tertiary/aromatic N) is 1. The van der Waals surface area contributed by atoms with Crippen molar-refractivity contribution in [3.8, 4) is 22.5 Å². The van der Waals surface area contributed by atoms with Crippen LogP contribution >= 0.6 is 11.8 Å². The van der Waals surface area contributed by atoms with Gasteiger partial charge in [0.25, 0.3) is 0 Å². The first-order valence-corrected chi connectivity index (χ1v) is 13.4. The standard InChI is InChI=1S/C30H33N3OS/c34-27(31-22-12-10-16-24-14-4-1-5-15-24)21-11-13-23-35-30-32-28(25-17-6-2-7-18-25)29(33-30)26-19-8-3-9-20-26/h1-9,14-15,17-20H,10-13,16,21-23H2,(H,31,34)(H,32,33). The highest BCUT2D eigenvalue weighted by Crippen LogP contribution is 2.32. The Morgan fingerprint density at radius 1 is 0.771 bits per heavy atom. The maximum atomic E-state index is 12.1. The lowest BCUT2D eigenvalue weighted by Gasteiger charge is -2.05. The minimum absolute atomic E-state index is 0.158. The summed E-state index contributed by atoms with van der Waals surface area (Å²) < 4.78 is 0. The summed E-state index contributed by atoms with van der Waals surface area (Å²) in [6.07, 6.45) is 5.64. The molecule has 1 heterocycles. The molecule has 4 nitrogen and oxygen atoms in total. The minimum Gasteiger partial charge on any atom is -0.356 e. The Hall–Kier alpha value is -3.31. The summed E-state index contributed by atoms with van der Waals surface area (Å²) in [6, 6.07) is 31.1. The number of aromatic nitrogens is 2. The number of carbonyl (C=O) groups excluding carboxylic acids is 1. The average Bonchev–Trinajstić information content (AvgIpc) is 3.34. The van der Waals surface area contributed by atoms with Crippen LogP contribution in [-0.2, 0) is 11.2 Å². The highest BCUT2D eigenvalue weighted by molar-refractivity contribution is 7.99. The molecule has 180 valence electrons. The molecule has 4 aromatic rings. The lowest BCUT2D eigenvalue weighted by atomic mass is 10.1. The largest absolute Gasteiger partial charge is 0.356 e. The Kier molecular flexibility index (Phi) is 9.60. The molecule has 0 aliphatic rings. The fourth-order valence-corrected chi connectivity index (χ4v) is 4.88. The number of carbonyl (C=O) groups is 1. The second kappa shape index (κ2) is 13.5. The number of aromatic amines is 1. The van der Waals surface area contributed by atoms with Gasteiger partial charge in [-0.2, -0.15) is 0 Å². The highest BCUT2D eigenvalue weighted by atomic mass is 32.2. The van der Waals surface area contributed by atoms with Gasteiger partial charge in [-0.3, -0.25) is 4.79 Å². The fourth-order valence-electron chi connectivity index (χ4n) is 4.01. The predicted octanol–water partition coefficient (Wildman–Crippen LogP) is 7.15. The van der Waals surface area contributed by atoms with Crippen LogP contribution in [-0.4, -0.2) is 28.2 Å². The van der Waals surface area contributed by atoms with Gasteiger partial charge in [0.05, 0.1) is 11.4 Å². The molecule has 0 radical (unpaired) electrons. The summed E-state index contributed by atoms with van der Waals surface area (Å²) in [6.45, 7) is 0.761. The topological polar surface area (TPSA) is 57.8 Å². The summed E-state index contributed by atoms with van der Waals surface area (Å²) >= 11 is 1.72. The summed E-state index contributed by atoms with van der Waals surface area (Å²) in [4.78, 5) is 20.6. The van der Waals surface area contributed by atoms with Gasteiger partial charge in [-0.1, -0.05) is 103 Å². The Morgan fingerprint density at radius 3 is 2.14 bits per heavy atom. The summed E-state index contributed by atoms with van der Waals surface area (Å²) in [7, 11) is 0. The predicted molar refractivity (Wildman–Crippen MR) is 146 cm³/mol. The lowest BCUT2D eigenvalue weighted by molar-refractivity contribution is -0.121. The Bertz CT molecular complexity index is 1100. The molecule has 0 saturated heterocycles. The van der Waals surface area contributed by atoms with E-state index < -0.39 is 0 Å². The van der Waals surface area contributed by atoms with E-state index in [2.05, 4.69) is 58.8 Å². The van der Waals surface area contributed by atoms with E-state index in [4.69, 9.17) is 4.98 Å². The number of benzene rings is 3. The Labute approximate surface area is 212 Å². The molecule has 2 N–H and O–H groups in total.